The summed E-state index contributed by atoms with van der Waals surface area (Å²) in [4.78, 5) is 10.6. The molecule has 0 spiro atoms. The molecule has 0 amide bonds. The fourth-order valence-electron chi connectivity index (χ4n) is 2.52. The number of alkyl halides is 1. The maximum atomic E-state index is 12.6. The number of aryl methyl sites for hydroxylation is 1. The molecule has 1 aromatic carbocycles. The van der Waals surface area contributed by atoms with Crippen molar-refractivity contribution in [2.24, 2.45) is 11.8 Å². The van der Waals surface area contributed by atoms with Crippen LogP contribution < -0.4 is 0 Å². The average Bonchev–Trinajstić information content (AvgIpc) is 2.82. The Labute approximate surface area is 132 Å². The van der Waals surface area contributed by atoms with Gasteiger partial charge in [-0.15, -0.1) is 0 Å². The van der Waals surface area contributed by atoms with Gasteiger partial charge < -0.3 is 0 Å². The molecule has 0 bridgehead atoms. The lowest BCUT2D eigenvalue weighted by molar-refractivity contribution is -0.488. The summed E-state index contributed by atoms with van der Waals surface area (Å²) in [6, 6.07) is 6.65. The van der Waals surface area contributed by atoms with Crippen LogP contribution in [0.2, 0.25) is 0 Å². The monoisotopic (exact) mass is 376 g/mol. The zero-order valence-electron chi connectivity index (χ0n) is 11.6. The van der Waals surface area contributed by atoms with Crippen molar-refractivity contribution in [1.82, 2.24) is 4.31 Å². The van der Waals surface area contributed by atoms with Gasteiger partial charge in [-0.05, 0) is 25.0 Å². The first-order chi connectivity index (χ1) is 9.84. The first-order valence-corrected chi connectivity index (χ1v) is 9.15. The van der Waals surface area contributed by atoms with Crippen LogP contribution in [0.15, 0.2) is 29.2 Å². The third-order valence-corrected chi connectivity index (χ3v) is 6.46. The summed E-state index contributed by atoms with van der Waals surface area (Å²) in [6.45, 7) is 2.21. The quantitative estimate of drug-likeness (QED) is 0.446. The zero-order chi connectivity index (χ0) is 15.6. The van der Waals surface area contributed by atoms with E-state index in [1.54, 1.807) is 24.3 Å². The largest absolute Gasteiger partial charge is 0.265 e. The van der Waals surface area contributed by atoms with Crippen LogP contribution in [-0.4, -0.2) is 42.6 Å². The van der Waals surface area contributed by atoms with Crippen LogP contribution in [0.4, 0.5) is 0 Å². The smallest absolute Gasteiger partial charge is 0.243 e. The van der Waals surface area contributed by atoms with Gasteiger partial charge in [-0.2, -0.15) is 4.31 Å². The lowest BCUT2D eigenvalue weighted by Gasteiger charge is -2.16. The molecular weight excluding hydrogens is 360 g/mol. The van der Waals surface area contributed by atoms with Crippen molar-refractivity contribution in [3.05, 3.63) is 39.9 Å². The van der Waals surface area contributed by atoms with Crippen LogP contribution in [0.1, 0.15) is 5.56 Å². The fraction of sp³-hybridized carbons (Fsp3) is 0.538. The molecule has 0 aliphatic carbocycles. The van der Waals surface area contributed by atoms with Gasteiger partial charge in [0.15, 0.2) is 0 Å². The molecule has 0 aromatic heterocycles. The van der Waals surface area contributed by atoms with Crippen LogP contribution in [0.25, 0.3) is 0 Å². The number of nitrogens with zero attached hydrogens (tertiary/aromatic N) is 2. The Morgan fingerprint density at radius 3 is 2.38 bits per heavy atom. The Hall–Kier alpha value is -0.990. The van der Waals surface area contributed by atoms with Gasteiger partial charge in [0.1, 0.15) is 0 Å². The summed E-state index contributed by atoms with van der Waals surface area (Å²) >= 11 is 3.32. The molecular formula is C13H17BrN2O4S. The van der Waals surface area contributed by atoms with E-state index < -0.39 is 10.0 Å². The van der Waals surface area contributed by atoms with E-state index >= 15 is 0 Å². The Morgan fingerprint density at radius 2 is 1.86 bits per heavy atom. The number of benzene rings is 1. The molecule has 6 nitrogen and oxygen atoms in total. The SMILES string of the molecule is Cc1ccc(S(=O)(=O)N2CC(CBr)C(C[N+](=O)[O-])C2)cc1. The number of hydrogen-bond donors (Lipinski definition) is 0. The molecule has 1 saturated heterocycles. The first kappa shape index (κ1) is 16.4. The Balaban J connectivity index is 2.21. The third kappa shape index (κ3) is 3.61. The highest BCUT2D eigenvalue weighted by Gasteiger charge is 2.40. The molecule has 1 aromatic rings. The van der Waals surface area contributed by atoms with E-state index in [1.165, 1.54) is 4.31 Å². The van der Waals surface area contributed by atoms with Gasteiger partial charge in [-0.1, -0.05) is 33.6 Å². The molecule has 0 N–H and O–H groups in total. The molecule has 0 saturated carbocycles. The van der Waals surface area contributed by atoms with Crippen molar-refractivity contribution in [1.29, 1.82) is 0 Å². The number of nitro groups is 1. The predicted molar refractivity (Wildman–Crippen MR) is 82.6 cm³/mol. The van der Waals surface area contributed by atoms with E-state index in [1.807, 2.05) is 6.92 Å². The summed E-state index contributed by atoms with van der Waals surface area (Å²) in [7, 11) is -3.58. The standard InChI is InChI=1S/C13H17BrN2O4S/c1-10-2-4-13(5-3-10)21(19,20)15-7-11(6-14)12(8-15)9-16(17)18/h2-5,11-12H,6-9H2,1H3. The minimum Gasteiger partial charge on any atom is -0.265 e. The van der Waals surface area contributed by atoms with Gasteiger partial charge >= 0.3 is 0 Å². The van der Waals surface area contributed by atoms with Crippen molar-refractivity contribution in [3.8, 4) is 0 Å². The van der Waals surface area contributed by atoms with Gasteiger partial charge in [0.2, 0.25) is 16.6 Å². The molecule has 1 aliphatic rings. The van der Waals surface area contributed by atoms with Crippen LogP contribution in [-0.2, 0) is 10.0 Å². The number of rotatable bonds is 5. The van der Waals surface area contributed by atoms with E-state index in [4.69, 9.17) is 0 Å². The zero-order valence-corrected chi connectivity index (χ0v) is 14.0. The van der Waals surface area contributed by atoms with Crippen molar-refractivity contribution < 1.29 is 13.3 Å². The van der Waals surface area contributed by atoms with Crippen molar-refractivity contribution in [2.45, 2.75) is 11.8 Å². The summed E-state index contributed by atoms with van der Waals surface area (Å²) in [5.41, 5.74) is 0.986. The highest BCUT2D eigenvalue weighted by molar-refractivity contribution is 9.09. The van der Waals surface area contributed by atoms with Crippen LogP contribution in [0, 0.1) is 28.9 Å². The van der Waals surface area contributed by atoms with E-state index in [0.29, 0.717) is 11.9 Å². The molecule has 2 atom stereocenters. The van der Waals surface area contributed by atoms with E-state index in [0.717, 1.165) is 5.56 Å². The topological polar surface area (TPSA) is 80.5 Å². The summed E-state index contributed by atoms with van der Waals surface area (Å²) < 4.78 is 26.5. The van der Waals surface area contributed by atoms with E-state index in [9.17, 15) is 18.5 Å². The second kappa shape index (κ2) is 6.41. The van der Waals surface area contributed by atoms with Gasteiger partial charge in [-0.25, -0.2) is 8.42 Å². The maximum Gasteiger partial charge on any atom is 0.243 e. The minimum atomic E-state index is -3.58. The van der Waals surface area contributed by atoms with Gasteiger partial charge in [-0.3, -0.25) is 10.1 Å². The Bertz CT molecular complexity index is 618. The molecule has 0 radical (unpaired) electrons. The number of halogens is 1. The van der Waals surface area contributed by atoms with Crippen molar-refractivity contribution in [3.63, 3.8) is 0 Å². The highest BCUT2D eigenvalue weighted by Crippen LogP contribution is 2.30. The van der Waals surface area contributed by atoms with E-state index in [-0.39, 0.29) is 34.7 Å². The molecule has 8 heteroatoms. The normalized spacial score (nSPS) is 23.3. The van der Waals surface area contributed by atoms with Gasteiger partial charge in [0.05, 0.1) is 4.90 Å². The van der Waals surface area contributed by atoms with Crippen LogP contribution >= 0.6 is 15.9 Å². The molecule has 1 heterocycles. The molecule has 116 valence electrons. The summed E-state index contributed by atoms with van der Waals surface area (Å²) in [5, 5.41) is 11.3. The van der Waals surface area contributed by atoms with Crippen LogP contribution in [0.5, 0.6) is 0 Å². The summed E-state index contributed by atoms with van der Waals surface area (Å²) in [6.07, 6.45) is 0. The predicted octanol–water partition coefficient (Wildman–Crippen LogP) is 1.90. The lowest BCUT2D eigenvalue weighted by atomic mass is 9.99. The second-order valence-electron chi connectivity index (χ2n) is 5.32. The van der Waals surface area contributed by atoms with E-state index in [2.05, 4.69) is 15.9 Å². The molecule has 1 fully saturated rings. The van der Waals surface area contributed by atoms with Gasteiger partial charge in [0, 0.05) is 29.3 Å². The molecule has 2 rings (SSSR count). The molecule has 21 heavy (non-hydrogen) atoms. The number of sulfonamides is 1. The molecule has 1 aliphatic heterocycles. The molecule has 2 unspecified atom stereocenters. The number of hydrogen-bond acceptors (Lipinski definition) is 4. The minimum absolute atomic E-state index is 0.0318. The van der Waals surface area contributed by atoms with Gasteiger partial charge in [0.25, 0.3) is 0 Å². The Morgan fingerprint density at radius 1 is 1.29 bits per heavy atom. The highest BCUT2D eigenvalue weighted by atomic mass is 79.9. The van der Waals surface area contributed by atoms with Crippen molar-refractivity contribution in [2.75, 3.05) is 25.0 Å². The Kier molecular flexibility index (Phi) is 5.00. The fourth-order valence-corrected chi connectivity index (χ4v) is 4.81. The first-order valence-electron chi connectivity index (χ1n) is 6.59. The third-order valence-electron chi connectivity index (χ3n) is 3.78. The summed E-state index contributed by atoms with van der Waals surface area (Å²) in [5.74, 6) is -0.282. The lowest BCUT2D eigenvalue weighted by Crippen LogP contribution is -2.29. The average molecular weight is 377 g/mol. The maximum absolute atomic E-state index is 12.6. The van der Waals surface area contributed by atoms with Crippen LogP contribution in [0.3, 0.4) is 0 Å². The second-order valence-corrected chi connectivity index (χ2v) is 7.91. The van der Waals surface area contributed by atoms with Crippen molar-refractivity contribution >= 4 is 26.0 Å².